The van der Waals surface area contributed by atoms with Gasteiger partial charge in [0, 0.05) is 13.0 Å². The first-order valence-corrected chi connectivity index (χ1v) is 10.6. The summed E-state index contributed by atoms with van der Waals surface area (Å²) in [6, 6.07) is 11.9. The standard InChI is InChI=1S/C19H16N8O2S2/c20-11-12-4-6-13(7-5-12)29-19(28)27(10-2-1-3-15-23-25-26-24-15)16-9-8-14-17(22-16)31-18(30)21-14/h4-9H,1-3,10H2,(H,21,30)(H,23,24,25,26). The highest BCUT2D eigenvalue weighted by Gasteiger charge is 2.20. The molecule has 4 rings (SSSR count). The fourth-order valence-corrected chi connectivity index (χ4v) is 3.88. The number of H-pyrrole nitrogens is 1. The highest BCUT2D eigenvalue weighted by molar-refractivity contribution is 7.82. The number of rotatable bonds is 7. The molecule has 0 aliphatic rings. The Balaban J connectivity index is 1.51. The molecular formula is C19H16N8O2S2. The van der Waals surface area contributed by atoms with Crippen LogP contribution in [0.15, 0.2) is 40.7 Å². The number of ether oxygens (including phenoxy) is 1. The third kappa shape index (κ3) is 5.14. The molecular weight excluding hydrogens is 436 g/mol. The van der Waals surface area contributed by atoms with Crippen molar-refractivity contribution in [2.75, 3.05) is 11.4 Å². The van der Waals surface area contributed by atoms with Gasteiger partial charge in [-0.25, -0.2) is 14.8 Å². The van der Waals surface area contributed by atoms with Gasteiger partial charge in [-0.15, -0.1) is 22.8 Å². The number of unbranched alkanes of at least 4 members (excludes halogenated alkanes) is 1. The summed E-state index contributed by atoms with van der Waals surface area (Å²) in [4.78, 5) is 24.0. The number of carbonyl (C=O) groups is 1. The molecule has 0 spiro atoms. The van der Waals surface area contributed by atoms with Gasteiger partial charge in [-0.3, -0.25) is 4.90 Å². The predicted molar refractivity (Wildman–Crippen MR) is 116 cm³/mol. The molecule has 3 heterocycles. The summed E-state index contributed by atoms with van der Waals surface area (Å²) in [5.74, 6) is 1.43. The average molecular weight is 453 g/mol. The number of fused-ring (bicyclic) bond motifs is 1. The lowest BCUT2D eigenvalue weighted by Crippen LogP contribution is -2.35. The van der Waals surface area contributed by atoms with Crippen LogP contribution in [-0.4, -0.2) is 43.2 Å². The number of benzene rings is 1. The maximum atomic E-state index is 13.0. The number of aryl methyl sites for hydroxylation is 1. The van der Waals surface area contributed by atoms with E-state index in [9.17, 15) is 4.79 Å². The average Bonchev–Trinajstić information content (AvgIpc) is 3.42. The van der Waals surface area contributed by atoms with E-state index in [1.54, 1.807) is 36.4 Å². The minimum absolute atomic E-state index is 0.345. The van der Waals surface area contributed by atoms with Crippen molar-refractivity contribution in [3.05, 3.63) is 47.8 Å². The maximum absolute atomic E-state index is 13.0. The van der Waals surface area contributed by atoms with Crippen molar-refractivity contribution >= 4 is 46.2 Å². The molecule has 0 aliphatic heterocycles. The Kier molecular flexibility index (Phi) is 6.34. The Labute approximate surface area is 186 Å². The first-order chi connectivity index (χ1) is 15.1. The van der Waals surface area contributed by atoms with Gasteiger partial charge in [-0.05, 0) is 49.2 Å². The number of anilines is 1. The van der Waals surface area contributed by atoms with Crippen molar-refractivity contribution in [3.63, 3.8) is 0 Å². The van der Waals surface area contributed by atoms with E-state index in [4.69, 9.17) is 10.00 Å². The van der Waals surface area contributed by atoms with Crippen molar-refractivity contribution in [2.24, 2.45) is 0 Å². The van der Waals surface area contributed by atoms with Crippen LogP contribution < -0.4 is 9.64 Å². The van der Waals surface area contributed by atoms with Crippen molar-refractivity contribution in [1.29, 1.82) is 5.26 Å². The number of aromatic nitrogens is 6. The van der Waals surface area contributed by atoms with Crippen molar-refractivity contribution in [2.45, 2.75) is 23.6 Å². The SMILES string of the molecule is N#Cc1ccc(OC(=O)N(CCCCc2nn[nH]n2)c2ccc3nc(S)sc3n2)cc1. The zero-order valence-corrected chi connectivity index (χ0v) is 17.8. The van der Waals surface area contributed by atoms with Crippen LogP contribution in [0.4, 0.5) is 10.6 Å². The number of hydrogen-bond donors (Lipinski definition) is 2. The van der Waals surface area contributed by atoms with Gasteiger partial charge in [-0.2, -0.15) is 10.5 Å². The fourth-order valence-electron chi connectivity index (χ4n) is 2.84. The molecule has 1 amide bonds. The third-order valence-electron chi connectivity index (χ3n) is 4.34. The summed E-state index contributed by atoms with van der Waals surface area (Å²) in [7, 11) is 0. The second kappa shape index (κ2) is 9.50. The number of tetrazole rings is 1. The van der Waals surface area contributed by atoms with E-state index in [0.717, 1.165) is 11.9 Å². The van der Waals surface area contributed by atoms with Crippen LogP contribution in [0.25, 0.3) is 10.3 Å². The van der Waals surface area contributed by atoms with E-state index in [0.29, 0.717) is 51.5 Å². The Morgan fingerprint density at radius 3 is 2.77 bits per heavy atom. The Bertz CT molecular complexity index is 1220. The fraction of sp³-hybridized carbons (Fsp3) is 0.211. The Morgan fingerprint density at radius 1 is 1.19 bits per heavy atom. The maximum Gasteiger partial charge on any atom is 0.420 e. The summed E-state index contributed by atoms with van der Waals surface area (Å²) in [6.07, 6.45) is 1.51. The van der Waals surface area contributed by atoms with Gasteiger partial charge in [-0.1, -0.05) is 16.6 Å². The first-order valence-electron chi connectivity index (χ1n) is 9.31. The number of thiazole rings is 1. The predicted octanol–water partition coefficient (Wildman–Crippen LogP) is 3.39. The van der Waals surface area contributed by atoms with Crippen LogP contribution in [0.5, 0.6) is 5.75 Å². The largest absolute Gasteiger partial charge is 0.420 e. The van der Waals surface area contributed by atoms with Crippen molar-refractivity contribution in [3.8, 4) is 11.8 Å². The molecule has 10 nitrogen and oxygen atoms in total. The summed E-state index contributed by atoms with van der Waals surface area (Å²) < 4.78 is 6.12. The molecule has 0 aliphatic carbocycles. The lowest BCUT2D eigenvalue weighted by atomic mass is 10.2. The molecule has 1 aromatic carbocycles. The molecule has 4 aromatic rings. The number of aromatic amines is 1. The highest BCUT2D eigenvalue weighted by atomic mass is 32.2. The van der Waals surface area contributed by atoms with E-state index >= 15 is 0 Å². The smallest absolute Gasteiger partial charge is 0.410 e. The minimum Gasteiger partial charge on any atom is -0.410 e. The molecule has 1 N–H and O–H groups in total. The van der Waals surface area contributed by atoms with Gasteiger partial charge in [0.05, 0.1) is 11.6 Å². The summed E-state index contributed by atoms with van der Waals surface area (Å²) in [6.45, 7) is 0.387. The zero-order chi connectivity index (χ0) is 21.6. The molecule has 0 fully saturated rings. The van der Waals surface area contributed by atoms with Crippen LogP contribution in [0.2, 0.25) is 0 Å². The molecule has 0 unspecified atom stereocenters. The van der Waals surface area contributed by atoms with Crippen molar-refractivity contribution < 1.29 is 9.53 Å². The van der Waals surface area contributed by atoms with Crippen LogP contribution in [0.1, 0.15) is 24.2 Å². The molecule has 12 heteroatoms. The number of amides is 1. The number of thiol groups is 1. The number of nitriles is 1. The highest BCUT2D eigenvalue weighted by Crippen LogP contribution is 2.26. The van der Waals surface area contributed by atoms with Crippen molar-refractivity contribution in [1.82, 2.24) is 30.6 Å². The molecule has 0 radical (unpaired) electrons. The van der Waals surface area contributed by atoms with Gasteiger partial charge in [0.25, 0.3) is 0 Å². The second-order valence-electron chi connectivity index (χ2n) is 6.43. The first kappa shape index (κ1) is 20.7. The molecule has 0 bridgehead atoms. The van der Waals surface area contributed by atoms with Crippen LogP contribution in [0, 0.1) is 11.3 Å². The Hall–Kier alpha value is -3.56. The second-order valence-corrected chi connectivity index (χ2v) is 8.13. The molecule has 0 saturated carbocycles. The number of hydrogen-bond acceptors (Lipinski definition) is 10. The minimum atomic E-state index is -0.563. The van der Waals surface area contributed by atoms with E-state index in [1.807, 2.05) is 6.07 Å². The number of carbonyl (C=O) groups excluding carboxylic acids is 1. The summed E-state index contributed by atoms with van der Waals surface area (Å²) in [5, 5.41) is 22.8. The number of nitrogens with zero attached hydrogens (tertiary/aromatic N) is 7. The van der Waals surface area contributed by atoms with Crippen LogP contribution in [0.3, 0.4) is 0 Å². The molecule has 156 valence electrons. The van der Waals surface area contributed by atoms with E-state index in [1.165, 1.54) is 16.2 Å². The third-order valence-corrected chi connectivity index (χ3v) is 5.48. The Morgan fingerprint density at radius 2 is 2.03 bits per heavy atom. The van der Waals surface area contributed by atoms with Gasteiger partial charge < -0.3 is 4.74 Å². The molecule has 31 heavy (non-hydrogen) atoms. The lowest BCUT2D eigenvalue weighted by molar-refractivity contribution is 0.207. The van der Waals surface area contributed by atoms with Gasteiger partial charge in [0.15, 0.2) is 5.82 Å². The van der Waals surface area contributed by atoms with Gasteiger partial charge in [0.1, 0.15) is 26.3 Å². The molecule has 0 atom stereocenters. The summed E-state index contributed by atoms with van der Waals surface area (Å²) >= 11 is 5.61. The van der Waals surface area contributed by atoms with E-state index < -0.39 is 6.09 Å². The number of nitrogens with one attached hydrogen (secondary N) is 1. The number of pyridine rings is 1. The normalized spacial score (nSPS) is 10.7. The van der Waals surface area contributed by atoms with Crippen LogP contribution in [-0.2, 0) is 6.42 Å². The molecule has 0 saturated heterocycles. The topological polar surface area (TPSA) is 134 Å². The van der Waals surface area contributed by atoms with Gasteiger partial charge >= 0.3 is 6.09 Å². The van der Waals surface area contributed by atoms with E-state index in [-0.39, 0.29) is 0 Å². The monoisotopic (exact) mass is 452 g/mol. The summed E-state index contributed by atoms with van der Waals surface area (Å²) in [5.41, 5.74) is 1.20. The lowest BCUT2D eigenvalue weighted by Gasteiger charge is -2.21. The van der Waals surface area contributed by atoms with Gasteiger partial charge in [0.2, 0.25) is 0 Å². The molecule has 3 aromatic heterocycles. The quantitative estimate of drug-likeness (QED) is 0.322. The zero-order valence-electron chi connectivity index (χ0n) is 16.1. The van der Waals surface area contributed by atoms with Crippen LogP contribution >= 0.6 is 24.0 Å². The van der Waals surface area contributed by atoms with E-state index in [2.05, 4.69) is 43.2 Å².